The lowest BCUT2D eigenvalue weighted by Gasteiger charge is -2.34. The van der Waals surface area contributed by atoms with Gasteiger partial charge in [-0.05, 0) is 19.3 Å². The van der Waals surface area contributed by atoms with E-state index in [1.807, 2.05) is 6.92 Å². The van der Waals surface area contributed by atoms with E-state index >= 15 is 0 Å². The van der Waals surface area contributed by atoms with Gasteiger partial charge in [-0.25, -0.2) is 0 Å². The summed E-state index contributed by atoms with van der Waals surface area (Å²) in [7, 11) is 0. The molecule has 1 saturated carbocycles. The Balaban J connectivity index is 1.95. The molecule has 1 saturated heterocycles. The number of nitrogens with zero attached hydrogens (tertiary/aromatic N) is 1. The molecule has 2 aliphatic rings. The number of carbonyl (C=O) groups excluding carboxylic acids is 2. The topological polar surface area (TPSA) is 86.7 Å². The van der Waals surface area contributed by atoms with Crippen LogP contribution in [0.4, 0.5) is 0 Å². The van der Waals surface area contributed by atoms with Crippen molar-refractivity contribution in [1.29, 1.82) is 0 Å². The summed E-state index contributed by atoms with van der Waals surface area (Å²) < 4.78 is 0. The number of carbonyl (C=O) groups is 3. The predicted molar refractivity (Wildman–Crippen MR) is 89.0 cm³/mol. The molecule has 6 nitrogen and oxygen atoms in total. The molecule has 23 heavy (non-hydrogen) atoms. The molecule has 130 valence electrons. The lowest BCUT2D eigenvalue weighted by Crippen LogP contribution is -2.51. The molecule has 2 fully saturated rings. The summed E-state index contributed by atoms with van der Waals surface area (Å²) in [6, 6.07) is -0.464. The number of carboxylic acids is 1. The number of amides is 2. The minimum atomic E-state index is -0.835. The number of hydrogen-bond donors (Lipinski definition) is 2. The molecule has 2 rings (SSSR count). The molecular weight excluding hydrogens is 316 g/mol. The second kappa shape index (κ2) is 8.04. The zero-order valence-corrected chi connectivity index (χ0v) is 14.5. The Morgan fingerprint density at radius 3 is 2.57 bits per heavy atom. The number of rotatable bonds is 6. The molecule has 0 radical (unpaired) electrons. The lowest BCUT2D eigenvalue weighted by atomic mass is 9.74. The normalized spacial score (nSPS) is 23.5. The lowest BCUT2D eigenvalue weighted by molar-refractivity contribution is -0.151. The van der Waals surface area contributed by atoms with Gasteiger partial charge < -0.3 is 15.3 Å². The minimum absolute atomic E-state index is 0.00302. The Morgan fingerprint density at radius 1 is 1.26 bits per heavy atom. The van der Waals surface area contributed by atoms with Gasteiger partial charge in [0.1, 0.15) is 6.04 Å². The number of carboxylic acid groups (broad SMARTS) is 1. The van der Waals surface area contributed by atoms with Crippen molar-refractivity contribution in [3.05, 3.63) is 0 Å². The Kier molecular flexibility index (Phi) is 6.33. The maximum Gasteiger partial charge on any atom is 0.311 e. The van der Waals surface area contributed by atoms with E-state index in [9.17, 15) is 19.5 Å². The highest BCUT2D eigenvalue weighted by atomic mass is 32.2. The molecule has 1 heterocycles. The van der Waals surface area contributed by atoms with Crippen LogP contribution in [-0.2, 0) is 14.4 Å². The SMILES string of the molecule is CCCC(=O)N1CSCC1C(=O)NCC1(C(=O)O)CCCCC1. The molecule has 1 aliphatic carbocycles. The molecule has 0 aromatic carbocycles. The molecule has 7 heteroatoms. The highest BCUT2D eigenvalue weighted by Crippen LogP contribution is 2.36. The van der Waals surface area contributed by atoms with Gasteiger partial charge in [0.2, 0.25) is 11.8 Å². The first-order valence-corrected chi connectivity index (χ1v) is 9.54. The van der Waals surface area contributed by atoms with E-state index < -0.39 is 17.4 Å². The fraction of sp³-hybridized carbons (Fsp3) is 0.812. The van der Waals surface area contributed by atoms with Crippen molar-refractivity contribution in [1.82, 2.24) is 10.2 Å². The summed E-state index contributed by atoms with van der Waals surface area (Å²) in [5, 5.41) is 12.4. The van der Waals surface area contributed by atoms with Crippen LogP contribution in [0.2, 0.25) is 0 Å². The van der Waals surface area contributed by atoms with Crippen LogP contribution in [0.5, 0.6) is 0 Å². The first-order valence-electron chi connectivity index (χ1n) is 8.38. The van der Waals surface area contributed by atoms with Crippen LogP contribution < -0.4 is 5.32 Å². The third kappa shape index (κ3) is 4.19. The van der Waals surface area contributed by atoms with Crippen molar-refractivity contribution < 1.29 is 19.5 Å². The Morgan fingerprint density at radius 2 is 1.96 bits per heavy atom. The van der Waals surface area contributed by atoms with Gasteiger partial charge in [0, 0.05) is 18.7 Å². The number of nitrogens with one attached hydrogen (secondary N) is 1. The van der Waals surface area contributed by atoms with Gasteiger partial charge in [0.05, 0.1) is 11.3 Å². The molecule has 1 aliphatic heterocycles. The summed E-state index contributed by atoms with van der Waals surface area (Å²) in [6.45, 7) is 2.11. The smallest absolute Gasteiger partial charge is 0.311 e. The second-order valence-corrected chi connectivity index (χ2v) is 7.49. The van der Waals surface area contributed by atoms with Crippen LogP contribution in [0.15, 0.2) is 0 Å². The molecule has 0 aromatic heterocycles. The number of thioether (sulfide) groups is 1. The highest BCUT2D eigenvalue weighted by molar-refractivity contribution is 7.99. The zero-order valence-electron chi connectivity index (χ0n) is 13.7. The van der Waals surface area contributed by atoms with Crippen LogP contribution in [0.1, 0.15) is 51.9 Å². The van der Waals surface area contributed by atoms with Crippen LogP contribution in [-0.4, -0.2) is 52.0 Å². The Hall–Kier alpha value is -1.24. The van der Waals surface area contributed by atoms with Gasteiger partial charge in [-0.2, -0.15) is 0 Å². The second-order valence-electron chi connectivity index (χ2n) is 6.49. The van der Waals surface area contributed by atoms with E-state index in [1.165, 1.54) is 0 Å². The molecule has 1 atom stereocenters. The van der Waals surface area contributed by atoms with E-state index in [-0.39, 0.29) is 18.4 Å². The summed E-state index contributed by atoms with van der Waals surface area (Å²) in [5.41, 5.74) is -0.835. The van der Waals surface area contributed by atoms with Crippen molar-refractivity contribution in [3.63, 3.8) is 0 Å². The monoisotopic (exact) mass is 342 g/mol. The molecule has 1 unspecified atom stereocenters. The standard InChI is InChI=1S/C16H26N2O4S/c1-2-6-13(19)18-11-23-9-12(18)14(20)17-10-16(15(21)22)7-4-3-5-8-16/h12H,2-11H2,1H3,(H,17,20)(H,21,22). The fourth-order valence-corrected chi connectivity index (χ4v) is 4.51. The Labute approximate surface area is 141 Å². The first-order chi connectivity index (χ1) is 11.0. The quantitative estimate of drug-likeness (QED) is 0.769. The largest absolute Gasteiger partial charge is 0.481 e. The van der Waals surface area contributed by atoms with Crippen molar-refractivity contribution in [3.8, 4) is 0 Å². The van der Waals surface area contributed by atoms with Crippen molar-refractivity contribution in [2.45, 2.75) is 57.9 Å². The molecule has 2 N–H and O–H groups in total. The van der Waals surface area contributed by atoms with Crippen LogP contribution >= 0.6 is 11.8 Å². The van der Waals surface area contributed by atoms with E-state index in [0.29, 0.717) is 30.9 Å². The number of aliphatic carboxylic acids is 1. The van der Waals surface area contributed by atoms with Crippen molar-refractivity contribution >= 4 is 29.5 Å². The molecular formula is C16H26N2O4S. The molecule has 0 spiro atoms. The third-order valence-electron chi connectivity index (χ3n) is 4.83. The van der Waals surface area contributed by atoms with E-state index in [4.69, 9.17) is 0 Å². The maximum atomic E-state index is 12.5. The molecule has 0 aromatic rings. The summed E-state index contributed by atoms with van der Waals surface area (Å²) in [5.74, 6) is 0.0913. The van der Waals surface area contributed by atoms with E-state index in [2.05, 4.69) is 5.32 Å². The van der Waals surface area contributed by atoms with Crippen molar-refractivity contribution in [2.24, 2.45) is 5.41 Å². The summed E-state index contributed by atoms with van der Waals surface area (Å²) in [4.78, 5) is 37.8. The van der Waals surface area contributed by atoms with Gasteiger partial charge in [-0.1, -0.05) is 26.2 Å². The zero-order chi connectivity index (χ0) is 16.9. The summed E-state index contributed by atoms with van der Waals surface area (Å²) in [6.07, 6.45) is 5.27. The van der Waals surface area contributed by atoms with Gasteiger partial charge in [0.25, 0.3) is 0 Å². The summed E-state index contributed by atoms with van der Waals surface area (Å²) >= 11 is 1.57. The molecule has 0 bridgehead atoms. The van der Waals surface area contributed by atoms with Crippen LogP contribution in [0.3, 0.4) is 0 Å². The van der Waals surface area contributed by atoms with Gasteiger partial charge in [0.15, 0.2) is 0 Å². The van der Waals surface area contributed by atoms with E-state index in [0.717, 1.165) is 25.7 Å². The van der Waals surface area contributed by atoms with Crippen LogP contribution in [0, 0.1) is 5.41 Å². The third-order valence-corrected chi connectivity index (χ3v) is 5.85. The van der Waals surface area contributed by atoms with Crippen molar-refractivity contribution in [2.75, 3.05) is 18.2 Å². The van der Waals surface area contributed by atoms with Crippen LogP contribution in [0.25, 0.3) is 0 Å². The highest BCUT2D eigenvalue weighted by Gasteiger charge is 2.41. The van der Waals surface area contributed by atoms with Gasteiger partial charge in [-0.3, -0.25) is 14.4 Å². The fourth-order valence-electron chi connectivity index (χ4n) is 3.33. The van der Waals surface area contributed by atoms with Gasteiger partial charge >= 0.3 is 5.97 Å². The minimum Gasteiger partial charge on any atom is -0.481 e. The first kappa shape index (κ1) is 18.1. The average molecular weight is 342 g/mol. The molecule has 2 amide bonds. The predicted octanol–water partition coefficient (Wildman–Crippen LogP) is 1.84. The van der Waals surface area contributed by atoms with E-state index in [1.54, 1.807) is 16.7 Å². The Bertz CT molecular complexity index is 463. The van der Waals surface area contributed by atoms with Gasteiger partial charge in [-0.15, -0.1) is 11.8 Å². The number of hydrogen-bond acceptors (Lipinski definition) is 4. The average Bonchev–Trinajstić information content (AvgIpc) is 3.03. The maximum absolute atomic E-state index is 12.5.